The Balaban J connectivity index is 1.56. The number of amides is 1. The second-order valence-electron chi connectivity index (χ2n) is 5.31. The van der Waals surface area contributed by atoms with Crippen molar-refractivity contribution in [1.29, 1.82) is 0 Å². The largest absolute Gasteiger partial charge is 0.481 e. The van der Waals surface area contributed by atoms with Crippen LogP contribution in [0.15, 0.2) is 63.6 Å². The number of aromatic nitrogens is 2. The number of halogens is 1. The van der Waals surface area contributed by atoms with Crippen LogP contribution in [0.25, 0.3) is 11.4 Å². The van der Waals surface area contributed by atoms with Gasteiger partial charge in [-0.15, -0.1) is 0 Å². The zero-order chi connectivity index (χ0) is 17.6. The fourth-order valence-corrected chi connectivity index (χ4v) is 2.53. The van der Waals surface area contributed by atoms with Gasteiger partial charge in [0.05, 0.1) is 6.54 Å². The minimum Gasteiger partial charge on any atom is -0.481 e. The predicted molar refractivity (Wildman–Crippen MR) is 95.8 cm³/mol. The molecule has 3 rings (SSSR count). The molecule has 0 aliphatic heterocycles. The van der Waals surface area contributed by atoms with Gasteiger partial charge < -0.3 is 14.6 Å². The number of carbonyl (C=O) groups excluding carboxylic acids is 1. The fraction of sp³-hybridized carbons (Fsp3) is 0.167. The molecule has 0 radical (unpaired) electrons. The van der Waals surface area contributed by atoms with E-state index in [0.29, 0.717) is 17.5 Å². The Morgan fingerprint density at radius 2 is 2.04 bits per heavy atom. The molecule has 2 aromatic carbocycles. The summed E-state index contributed by atoms with van der Waals surface area (Å²) in [5.74, 6) is 1.18. The Labute approximate surface area is 153 Å². The molecule has 3 aromatic rings. The van der Waals surface area contributed by atoms with Gasteiger partial charge in [-0.2, -0.15) is 4.98 Å². The molecular formula is C18H16BrN3O3. The zero-order valence-electron chi connectivity index (χ0n) is 13.5. The molecule has 0 fully saturated rings. The van der Waals surface area contributed by atoms with Crippen LogP contribution in [0.4, 0.5) is 0 Å². The number of benzene rings is 2. The molecule has 0 spiro atoms. The van der Waals surface area contributed by atoms with Crippen LogP contribution in [0, 0.1) is 0 Å². The summed E-state index contributed by atoms with van der Waals surface area (Å²) >= 11 is 3.40. The van der Waals surface area contributed by atoms with Gasteiger partial charge in [0.1, 0.15) is 5.75 Å². The molecule has 0 unspecified atom stereocenters. The fourth-order valence-electron chi connectivity index (χ4n) is 2.13. The molecule has 0 saturated carbocycles. The molecule has 1 atom stereocenters. The van der Waals surface area contributed by atoms with Crippen molar-refractivity contribution in [2.24, 2.45) is 0 Å². The summed E-state index contributed by atoms with van der Waals surface area (Å²) in [4.78, 5) is 16.4. The van der Waals surface area contributed by atoms with Crippen LogP contribution in [0.2, 0.25) is 0 Å². The maximum Gasteiger partial charge on any atom is 0.261 e. The van der Waals surface area contributed by atoms with Crippen molar-refractivity contribution >= 4 is 21.8 Å². The Hall–Kier alpha value is -2.67. The summed E-state index contributed by atoms with van der Waals surface area (Å²) in [6.07, 6.45) is -0.630. The second-order valence-corrected chi connectivity index (χ2v) is 6.23. The third-order valence-electron chi connectivity index (χ3n) is 3.39. The summed E-state index contributed by atoms with van der Waals surface area (Å²) in [6, 6.07) is 16.8. The highest BCUT2D eigenvalue weighted by atomic mass is 79.9. The Kier molecular flexibility index (Phi) is 5.45. The van der Waals surface area contributed by atoms with Gasteiger partial charge in [0.15, 0.2) is 6.10 Å². The highest BCUT2D eigenvalue weighted by Gasteiger charge is 2.16. The first-order chi connectivity index (χ1) is 12.1. The molecule has 0 saturated heterocycles. The molecule has 7 heteroatoms. The van der Waals surface area contributed by atoms with E-state index in [2.05, 4.69) is 31.4 Å². The van der Waals surface area contributed by atoms with Crippen molar-refractivity contribution in [3.8, 4) is 17.1 Å². The second kappa shape index (κ2) is 7.94. The van der Waals surface area contributed by atoms with Crippen molar-refractivity contribution in [2.45, 2.75) is 19.6 Å². The number of ether oxygens (including phenoxy) is 1. The standard InChI is InChI=1S/C18H16BrN3O3/c1-12(24-15-8-3-2-4-9-15)18(23)20-11-16-21-17(22-25-16)13-6-5-7-14(19)10-13/h2-10,12H,11H2,1H3,(H,20,23)/t12-/m0/s1. The summed E-state index contributed by atoms with van der Waals surface area (Å²) in [5, 5.41) is 6.65. The Morgan fingerprint density at radius 1 is 1.24 bits per heavy atom. The van der Waals surface area contributed by atoms with E-state index in [1.54, 1.807) is 19.1 Å². The smallest absolute Gasteiger partial charge is 0.261 e. The minimum absolute atomic E-state index is 0.141. The first kappa shape index (κ1) is 17.2. The molecule has 1 aromatic heterocycles. The lowest BCUT2D eigenvalue weighted by atomic mass is 10.2. The molecule has 6 nitrogen and oxygen atoms in total. The van der Waals surface area contributed by atoms with Crippen LogP contribution >= 0.6 is 15.9 Å². The first-order valence-corrected chi connectivity index (χ1v) is 8.49. The van der Waals surface area contributed by atoms with E-state index in [0.717, 1.165) is 10.0 Å². The zero-order valence-corrected chi connectivity index (χ0v) is 15.1. The first-order valence-electron chi connectivity index (χ1n) is 7.70. The lowest BCUT2D eigenvalue weighted by molar-refractivity contribution is -0.127. The van der Waals surface area contributed by atoms with Gasteiger partial charge in [0, 0.05) is 10.0 Å². The van der Waals surface area contributed by atoms with E-state index in [1.165, 1.54) is 0 Å². The van der Waals surface area contributed by atoms with Gasteiger partial charge in [-0.1, -0.05) is 51.4 Å². The molecule has 1 amide bonds. The summed E-state index contributed by atoms with van der Waals surface area (Å²) < 4.78 is 11.7. The van der Waals surface area contributed by atoms with Crippen LogP contribution in [-0.4, -0.2) is 22.2 Å². The Bertz CT molecular complexity index is 852. The average molecular weight is 402 g/mol. The van der Waals surface area contributed by atoms with E-state index in [9.17, 15) is 4.79 Å². The SMILES string of the molecule is C[C@H](Oc1ccccc1)C(=O)NCc1nc(-c2cccc(Br)c2)no1. The summed E-state index contributed by atoms with van der Waals surface area (Å²) in [5.41, 5.74) is 0.830. The maximum absolute atomic E-state index is 12.1. The number of nitrogens with one attached hydrogen (secondary N) is 1. The molecule has 128 valence electrons. The van der Waals surface area contributed by atoms with Crippen LogP contribution in [0.3, 0.4) is 0 Å². The highest BCUT2D eigenvalue weighted by molar-refractivity contribution is 9.10. The van der Waals surface area contributed by atoms with Gasteiger partial charge in [0.25, 0.3) is 5.91 Å². The predicted octanol–water partition coefficient (Wildman–Crippen LogP) is 3.58. The van der Waals surface area contributed by atoms with Crippen molar-refractivity contribution in [3.05, 3.63) is 65.0 Å². The van der Waals surface area contributed by atoms with Gasteiger partial charge in [-0.3, -0.25) is 4.79 Å². The van der Waals surface area contributed by atoms with Crippen molar-refractivity contribution < 1.29 is 14.1 Å². The number of hydrogen-bond donors (Lipinski definition) is 1. The van der Waals surface area contributed by atoms with Crippen molar-refractivity contribution in [1.82, 2.24) is 15.5 Å². The Morgan fingerprint density at radius 3 is 2.80 bits per heavy atom. The normalized spacial score (nSPS) is 11.8. The summed E-state index contributed by atoms with van der Waals surface area (Å²) in [7, 11) is 0. The van der Waals surface area contributed by atoms with Crippen molar-refractivity contribution in [3.63, 3.8) is 0 Å². The van der Waals surface area contributed by atoms with E-state index >= 15 is 0 Å². The van der Waals surface area contributed by atoms with Gasteiger partial charge in [-0.05, 0) is 31.2 Å². The molecule has 1 heterocycles. The molecule has 25 heavy (non-hydrogen) atoms. The molecule has 0 aliphatic rings. The van der Waals surface area contributed by atoms with Crippen LogP contribution < -0.4 is 10.1 Å². The molecule has 1 N–H and O–H groups in total. The lowest BCUT2D eigenvalue weighted by Gasteiger charge is -2.13. The quantitative estimate of drug-likeness (QED) is 0.682. The third-order valence-corrected chi connectivity index (χ3v) is 3.88. The van der Waals surface area contributed by atoms with E-state index in [-0.39, 0.29) is 12.5 Å². The number of nitrogens with zero attached hydrogens (tertiary/aromatic N) is 2. The van der Waals surface area contributed by atoms with Crippen LogP contribution in [0.1, 0.15) is 12.8 Å². The number of para-hydroxylation sites is 1. The number of hydrogen-bond acceptors (Lipinski definition) is 5. The van der Waals surface area contributed by atoms with Crippen LogP contribution in [0.5, 0.6) is 5.75 Å². The number of carbonyl (C=O) groups is 1. The average Bonchev–Trinajstić information content (AvgIpc) is 3.09. The third kappa shape index (κ3) is 4.67. The van der Waals surface area contributed by atoms with E-state index < -0.39 is 6.10 Å². The minimum atomic E-state index is -0.630. The molecular weight excluding hydrogens is 386 g/mol. The molecule has 0 bridgehead atoms. The maximum atomic E-state index is 12.1. The van der Waals surface area contributed by atoms with Crippen LogP contribution in [-0.2, 0) is 11.3 Å². The van der Waals surface area contributed by atoms with Gasteiger partial charge >= 0.3 is 0 Å². The van der Waals surface area contributed by atoms with Gasteiger partial charge in [-0.25, -0.2) is 0 Å². The van der Waals surface area contributed by atoms with Crippen molar-refractivity contribution in [2.75, 3.05) is 0 Å². The topological polar surface area (TPSA) is 77.2 Å². The van der Waals surface area contributed by atoms with E-state index in [1.807, 2.05) is 42.5 Å². The lowest BCUT2D eigenvalue weighted by Crippen LogP contribution is -2.35. The summed E-state index contributed by atoms with van der Waals surface area (Å²) in [6.45, 7) is 1.82. The van der Waals surface area contributed by atoms with E-state index in [4.69, 9.17) is 9.26 Å². The number of rotatable bonds is 6. The molecule has 0 aliphatic carbocycles. The van der Waals surface area contributed by atoms with Gasteiger partial charge in [0.2, 0.25) is 11.7 Å². The highest BCUT2D eigenvalue weighted by Crippen LogP contribution is 2.20. The monoisotopic (exact) mass is 401 g/mol.